The molecule has 2 N–H and O–H groups in total. The Morgan fingerprint density at radius 1 is 0.682 bits per heavy atom. The lowest BCUT2D eigenvalue weighted by atomic mass is 10.0. The Morgan fingerprint density at radius 3 is 1.77 bits per heavy atom. The second-order valence-corrected chi connectivity index (χ2v) is 10.9. The van der Waals surface area contributed by atoms with E-state index in [4.69, 9.17) is 47.6 Å². The topological polar surface area (TPSA) is 102 Å². The third-order valence-corrected chi connectivity index (χ3v) is 7.43. The van der Waals surface area contributed by atoms with E-state index in [1.807, 2.05) is 24.3 Å². The van der Waals surface area contributed by atoms with E-state index in [2.05, 4.69) is 36.4 Å². The Bertz CT molecular complexity index is 1760. The quantitative estimate of drug-likeness (QED) is 0.137. The van der Waals surface area contributed by atoms with Crippen molar-refractivity contribution < 1.29 is 34.0 Å². The molecule has 0 bridgehead atoms. The summed E-state index contributed by atoms with van der Waals surface area (Å²) in [6, 6.07) is 22.6. The molecule has 0 saturated heterocycles. The molecule has 4 aromatic carbocycles. The van der Waals surface area contributed by atoms with E-state index in [1.165, 1.54) is 28.3 Å². The zero-order valence-corrected chi connectivity index (χ0v) is 25.0. The van der Waals surface area contributed by atoms with Crippen LogP contribution >= 0.6 is 23.2 Å². The smallest absolute Gasteiger partial charge is 0.341 e. The molecule has 0 saturated carbocycles. The summed E-state index contributed by atoms with van der Waals surface area (Å²) in [4.78, 5) is 21.5. The number of aliphatic carboxylic acids is 2. The van der Waals surface area contributed by atoms with E-state index in [0.717, 1.165) is 17.5 Å². The Labute approximate surface area is 264 Å². The van der Waals surface area contributed by atoms with Crippen molar-refractivity contribution in [1.29, 1.82) is 0 Å². The van der Waals surface area contributed by atoms with Gasteiger partial charge in [-0.25, -0.2) is 4.79 Å². The van der Waals surface area contributed by atoms with Crippen LogP contribution in [-0.4, -0.2) is 42.0 Å². The lowest BCUT2D eigenvalue weighted by Gasteiger charge is -2.08. The minimum Gasteiger partial charge on any atom is -0.488 e. The van der Waals surface area contributed by atoms with Crippen molar-refractivity contribution >= 4 is 47.3 Å². The van der Waals surface area contributed by atoms with Crippen molar-refractivity contribution in [3.05, 3.63) is 123 Å². The van der Waals surface area contributed by atoms with Gasteiger partial charge < -0.3 is 24.4 Å². The molecule has 0 aliphatic heterocycles. The largest absolute Gasteiger partial charge is 0.488 e. The van der Waals surface area contributed by atoms with Gasteiger partial charge in [-0.1, -0.05) is 77.8 Å². The van der Waals surface area contributed by atoms with Crippen molar-refractivity contribution in [3.8, 4) is 28.4 Å². The summed E-state index contributed by atoms with van der Waals surface area (Å²) in [5.74, 6) is -0.618. The predicted molar refractivity (Wildman–Crippen MR) is 171 cm³/mol. The average Bonchev–Trinajstić information content (AvgIpc) is 3.35. The zero-order chi connectivity index (χ0) is 31.1. The highest BCUT2D eigenvalue weighted by atomic mass is 35.5. The minimum absolute atomic E-state index is 0.0855. The van der Waals surface area contributed by atoms with Crippen molar-refractivity contribution in [2.24, 2.45) is 0 Å². The molecule has 1 aliphatic carbocycles. The Hall–Kier alpha value is -4.72. The van der Waals surface area contributed by atoms with Gasteiger partial charge in [0.15, 0.2) is 6.61 Å². The standard InChI is InChI=1S/C35H28Cl2O7/c36-30-17-24(18-34(38)39)7-11-32(30)42-13-1-3-22-5-9-28-25(15-22)19-26-16-23(6-10-29(26)28)4-2-14-43-33-12-8-27(20-31(33)37)44-21-35(40)41/h1-12,15-17,20H,13-14,18-19,21H2,(H,38,39)(H,40,41). The summed E-state index contributed by atoms with van der Waals surface area (Å²) >= 11 is 12.5. The van der Waals surface area contributed by atoms with E-state index in [-0.39, 0.29) is 6.42 Å². The molecule has 224 valence electrons. The van der Waals surface area contributed by atoms with Gasteiger partial charge in [0.2, 0.25) is 0 Å². The van der Waals surface area contributed by atoms with E-state index in [9.17, 15) is 9.59 Å². The number of fused-ring (bicyclic) bond motifs is 3. The molecule has 9 heteroatoms. The third-order valence-electron chi connectivity index (χ3n) is 6.84. The molecule has 0 unspecified atom stereocenters. The maximum absolute atomic E-state index is 10.9. The van der Waals surface area contributed by atoms with E-state index >= 15 is 0 Å². The fourth-order valence-electron chi connectivity index (χ4n) is 4.88. The third kappa shape index (κ3) is 8.01. The Morgan fingerprint density at radius 2 is 1.25 bits per heavy atom. The molecule has 7 nitrogen and oxygen atoms in total. The second kappa shape index (κ2) is 14.2. The van der Waals surface area contributed by atoms with E-state index in [0.29, 0.717) is 46.1 Å². The number of halogens is 2. The molecule has 0 radical (unpaired) electrons. The zero-order valence-electron chi connectivity index (χ0n) is 23.5. The predicted octanol–water partition coefficient (Wildman–Crippen LogP) is 7.84. The lowest BCUT2D eigenvalue weighted by Crippen LogP contribution is -2.09. The van der Waals surface area contributed by atoms with E-state index in [1.54, 1.807) is 30.3 Å². The van der Waals surface area contributed by atoms with Crippen LogP contribution in [0.25, 0.3) is 23.3 Å². The van der Waals surface area contributed by atoms with Crippen molar-refractivity contribution in [3.63, 3.8) is 0 Å². The van der Waals surface area contributed by atoms with Gasteiger partial charge in [-0.3, -0.25) is 4.79 Å². The second-order valence-electron chi connectivity index (χ2n) is 10.0. The van der Waals surface area contributed by atoms with Gasteiger partial charge in [0.25, 0.3) is 0 Å². The molecule has 4 aromatic rings. The number of carboxylic acids is 2. The van der Waals surface area contributed by atoms with Crippen LogP contribution in [0.15, 0.2) is 84.9 Å². The number of carbonyl (C=O) groups is 2. The first-order valence-electron chi connectivity index (χ1n) is 13.7. The van der Waals surface area contributed by atoms with Crippen LogP contribution < -0.4 is 14.2 Å². The first-order valence-corrected chi connectivity index (χ1v) is 14.5. The average molecular weight is 632 g/mol. The molecular formula is C35H28Cl2O7. The maximum atomic E-state index is 10.9. The van der Waals surface area contributed by atoms with Crippen LogP contribution in [0.3, 0.4) is 0 Å². The number of ether oxygens (including phenoxy) is 3. The van der Waals surface area contributed by atoms with Gasteiger partial charge in [0, 0.05) is 6.07 Å². The number of hydrogen-bond donors (Lipinski definition) is 2. The van der Waals surface area contributed by atoms with Gasteiger partial charge in [-0.05, 0) is 81.8 Å². The number of hydrogen-bond acceptors (Lipinski definition) is 5. The van der Waals surface area contributed by atoms with Crippen molar-refractivity contribution in [2.45, 2.75) is 12.8 Å². The Kier molecular flexibility index (Phi) is 9.89. The summed E-state index contributed by atoms with van der Waals surface area (Å²) in [7, 11) is 0. The SMILES string of the molecule is O=C(O)COc1ccc(OCC=Cc2ccc3c(c2)Cc2cc(C=CCOc4ccc(CC(=O)O)cc4Cl)ccc2-3)c(Cl)c1. The normalized spacial score (nSPS) is 11.9. The van der Waals surface area contributed by atoms with E-state index < -0.39 is 18.5 Å². The summed E-state index contributed by atoms with van der Waals surface area (Å²) < 4.78 is 16.6. The van der Waals surface area contributed by atoms with Crippen LogP contribution in [0.1, 0.15) is 27.8 Å². The molecule has 0 amide bonds. The highest BCUT2D eigenvalue weighted by molar-refractivity contribution is 6.32. The molecule has 0 fully saturated rings. The fourth-order valence-corrected chi connectivity index (χ4v) is 5.36. The van der Waals surface area contributed by atoms with Crippen LogP contribution in [-0.2, 0) is 22.4 Å². The first kappa shape index (κ1) is 30.7. The van der Waals surface area contributed by atoms with Gasteiger partial charge >= 0.3 is 11.9 Å². The molecule has 0 heterocycles. The molecule has 0 atom stereocenters. The highest BCUT2D eigenvalue weighted by Gasteiger charge is 2.18. The summed E-state index contributed by atoms with van der Waals surface area (Å²) in [6.45, 7) is 0.201. The first-order chi connectivity index (χ1) is 21.2. The molecular weight excluding hydrogens is 603 g/mol. The van der Waals surface area contributed by atoms with Crippen LogP contribution in [0, 0.1) is 0 Å². The minimum atomic E-state index is -1.06. The molecule has 44 heavy (non-hydrogen) atoms. The van der Waals surface area contributed by atoms with Crippen LogP contribution in [0.2, 0.25) is 10.0 Å². The molecule has 5 rings (SSSR count). The monoisotopic (exact) mass is 630 g/mol. The van der Waals surface area contributed by atoms with Gasteiger partial charge in [0.05, 0.1) is 16.5 Å². The summed E-state index contributed by atoms with van der Waals surface area (Å²) in [6.07, 6.45) is 8.60. The maximum Gasteiger partial charge on any atom is 0.341 e. The van der Waals surface area contributed by atoms with Crippen LogP contribution in [0.4, 0.5) is 0 Å². The van der Waals surface area contributed by atoms with Gasteiger partial charge in [-0.15, -0.1) is 0 Å². The van der Waals surface area contributed by atoms with Gasteiger partial charge in [0.1, 0.15) is 30.5 Å². The number of carboxylic acid groups (broad SMARTS) is 2. The van der Waals surface area contributed by atoms with Crippen molar-refractivity contribution in [2.75, 3.05) is 19.8 Å². The lowest BCUT2D eigenvalue weighted by molar-refractivity contribution is -0.139. The van der Waals surface area contributed by atoms with Crippen LogP contribution in [0.5, 0.6) is 17.2 Å². The molecule has 0 aromatic heterocycles. The number of rotatable bonds is 13. The Balaban J connectivity index is 1.13. The molecule has 0 spiro atoms. The highest BCUT2D eigenvalue weighted by Crippen LogP contribution is 2.38. The van der Waals surface area contributed by atoms with Gasteiger partial charge in [-0.2, -0.15) is 0 Å². The summed E-state index contributed by atoms with van der Waals surface area (Å²) in [5, 5.41) is 18.4. The fraction of sp³-hybridized carbons (Fsp3) is 0.143. The molecule has 1 aliphatic rings. The number of benzene rings is 4. The van der Waals surface area contributed by atoms with Crippen molar-refractivity contribution in [1.82, 2.24) is 0 Å². The summed E-state index contributed by atoms with van der Waals surface area (Å²) in [5.41, 5.74) is 7.73.